The smallest absolute Gasteiger partial charge is 1.00 e. The van der Waals surface area contributed by atoms with Gasteiger partial charge in [0.1, 0.15) is 0 Å². The Labute approximate surface area is 57.9 Å². The molecule has 23 valence electrons. The number of halogens is 1. The van der Waals surface area contributed by atoms with Gasteiger partial charge in [0.05, 0.1) is 0 Å². The minimum Gasteiger partial charge on any atom is -1.00 e. The van der Waals surface area contributed by atoms with Crippen molar-refractivity contribution < 1.29 is 35.0 Å². The van der Waals surface area contributed by atoms with Gasteiger partial charge in [-0.3, -0.25) is 0 Å². The van der Waals surface area contributed by atoms with Gasteiger partial charge in [-0.05, 0) is 0 Å². The summed E-state index contributed by atoms with van der Waals surface area (Å²) in [7, 11) is 0. The molecular formula is HClMgMnO. The fraction of sp³-hybridized carbons (Fsp3) is 0. The molecule has 0 atom stereocenters. The summed E-state index contributed by atoms with van der Waals surface area (Å²) in [5.41, 5.74) is 0. The Hall–Kier alpha value is 1.54. The molecule has 4 heavy (non-hydrogen) atoms. The molecule has 0 heterocycles. The van der Waals surface area contributed by atoms with Crippen LogP contribution in [-0.2, 0) is 17.1 Å². The molecule has 0 aliphatic rings. The van der Waals surface area contributed by atoms with Gasteiger partial charge >= 0.3 is 17.1 Å². The van der Waals surface area contributed by atoms with Crippen molar-refractivity contribution in [3.63, 3.8) is 0 Å². The van der Waals surface area contributed by atoms with Crippen LogP contribution in [0, 0.1) is 0 Å². The molecule has 1 nitrogen and oxygen atoms in total. The van der Waals surface area contributed by atoms with Crippen LogP contribution in [0.5, 0.6) is 0 Å². The zero-order valence-electron chi connectivity index (χ0n) is 1.91. The predicted octanol–water partition coefficient (Wildman–Crippen LogP) is -3.56. The molecule has 0 rings (SSSR count). The summed E-state index contributed by atoms with van der Waals surface area (Å²) in [6.07, 6.45) is 0. The van der Waals surface area contributed by atoms with E-state index < -0.39 is 0 Å². The number of hydrogen-bond acceptors (Lipinski definition) is 1. The second kappa shape index (κ2) is 24.0. The summed E-state index contributed by atoms with van der Waals surface area (Å²) in [5, 5.41) is 0. The molecule has 0 saturated heterocycles. The first-order valence-corrected chi connectivity index (χ1v) is 0. The average molecular weight is 132 g/mol. The maximum atomic E-state index is 0. The van der Waals surface area contributed by atoms with Gasteiger partial charge in [0, 0.05) is 23.1 Å². The molecule has 0 aromatic heterocycles. The molecule has 3 radical (unpaired) electrons. The van der Waals surface area contributed by atoms with Crippen molar-refractivity contribution >= 4 is 23.1 Å². The molecule has 0 unspecified atom stereocenters. The largest absolute Gasteiger partial charge is 2.00 e. The molecule has 0 bridgehead atoms. The summed E-state index contributed by atoms with van der Waals surface area (Å²) in [4.78, 5) is 0. The van der Waals surface area contributed by atoms with E-state index in [1.165, 1.54) is 0 Å². The third-order valence-electron chi connectivity index (χ3n) is 0. The van der Waals surface area contributed by atoms with E-state index in [4.69, 9.17) is 0 Å². The summed E-state index contributed by atoms with van der Waals surface area (Å²) in [6.45, 7) is 0. The molecule has 0 aliphatic carbocycles. The zero-order valence-corrected chi connectivity index (χ0v) is 5.26. The first-order valence-electron chi connectivity index (χ1n) is 0. The van der Waals surface area contributed by atoms with Crippen LogP contribution in [-0.4, -0.2) is 28.5 Å². The van der Waals surface area contributed by atoms with Crippen LogP contribution in [0.3, 0.4) is 0 Å². The van der Waals surface area contributed by atoms with E-state index >= 15 is 0 Å². The summed E-state index contributed by atoms with van der Waals surface area (Å²) < 4.78 is 0. The van der Waals surface area contributed by atoms with Gasteiger partial charge < -0.3 is 17.9 Å². The Morgan fingerprint density at radius 1 is 1.00 bits per heavy atom. The first-order chi connectivity index (χ1) is 0. The Kier molecular flexibility index (Phi) is 290. The van der Waals surface area contributed by atoms with Crippen molar-refractivity contribution in [3.05, 3.63) is 0 Å². The van der Waals surface area contributed by atoms with E-state index in [0.717, 1.165) is 0 Å². The molecule has 0 saturated carbocycles. The fourth-order valence-electron chi connectivity index (χ4n) is 0. The summed E-state index contributed by atoms with van der Waals surface area (Å²) in [6, 6.07) is 0. The van der Waals surface area contributed by atoms with Gasteiger partial charge in [0.25, 0.3) is 0 Å². The van der Waals surface area contributed by atoms with E-state index in [1.807, 2.05) is 0 Å². The minimum absolute atomic E-state index is 0. The van der Waals surface area contributed by atoms with E-state index in [9.17, 15) is 0 Å². The third-order valence-corrected chi connectivity index (χ3v) is 0. The molecular weight excluding hydrogens is 131 g/mol. The zero-order chi connectivity index (χ0) is 0. The second-order valence-electron chi connectivity index (χ2n) is 0. The van der Waals surface area contributed by atoms with Crippen LogP contribution >= 0.6 is 0 Å². The van der Waals surface area contributed by atoms with Gasteiger partial charge in [-0.25, -0.2) is 0 Å². The Morgan fingerprint density at radius 3 is 1.00 bits per heavy atom. The first kappa shape index (κ1) is 48.3. The van der Waals surface area contributed by atoms with E-state index in [-0.39, 0.29) is 58.0 Å². The van der Waals surface area contributed by atoms with Crippen LogP contribution in [0.15, 0.2) is 0 Å². The van der Waals surface area contributed by atoms with Crippen molar-refractivity contribution in [2.75, 3.05) is 0 Å². The average Bonchev–Trinajstić information content (AvgIpc) is 0. The van der Waals surface area contributed by atoms with Crippen LogP contribution in [0.1, 0.15) is 0 Å². The quantitative estimate of drug-likeness (QED) is 0.313. The Balaban J connectivity index is 0. The topological polar surface area (TPSA) is 30.0 Å². The third kappa shape index (κ3) is 9.64. The summed E-state index contributed by atoms with van der Waals surface area (Å²) in [5.74, 6) is 0. The van der Waals surface area contributed by atoms with Crippen molar-refractivity contribution in [1.29, 1.82) is 0 Å². The van der Waals surface area contributed by atoms with Crippen molar-refractivity contribution in [2.24, 2.45) is 0 Å². The van der Waals surface area contributed by atoms with Crippen molar-refractivity contribution in [2.45, 2.75) is 0 Å². The molecule has 0 aromatic carbocycles. The molecule has 4 heteroatoms. The molecule has 0 spiro atoms. The monoisotopic (exact) mass is 131 g/mol. The minimum atomic E-state index is 0. The Morgan fingerprint density at radius 2 is 1.00 bits per heavy atom. The van der Waals surface area contributed by atoms with Crippen LogP contribution < -0.4 is 12.4 Å². The fourth-order valence-corrected chi connectivity index (χ4v) is 0. The maximum absolute atomic E-state index is 0. The van der Waals surface area contributed by atoms with Gasteiger partial charge in [-0.15, -0.1) is 0 Å². The predicted molar refractivity (Wildman–Crippen MR) is 7.69 cm³/mol. The van der Waals surface area contributed by atoms with Gasteiger partial charge in [0.2, 0.25) is 0 Å². The van der Waals surface area contributed by atoms with Crippen LogP contribution in [0.2, 0.25) is 0 Å². The molecule has 0 amide bonds. The Bertz CT molecular complexity index is 8.00. The van der Waals surface area contributed by atoms with Gasteiger partial charge in [-0.2, -0.15) is 0 Å². The number of rotatable bonds is 0. The molecule has 0 aromatic rings. The van der Waals surface area contributed by atoms with Crippen molar-refractivity contribution in [3.8, 4) is 0 Å². The van der Waals surface area contributed by atoms with E-state index in [0.29, 0.717) is 0 Å². The van der Waals surface area contributed by atoms with Crippen molar-refractivity contribution in [1.82, 2.24) is 0 Å². The number of hydrogen-bond donors (Lipinski definition) is 0. The molecule has 0 fully saturated rings. The van der Waals surface area contributed by atoms with Gasteiger partial charge in [-0.1, -0.05) is 0 Å². The van der Waals surface area contributed by atoms with Gasteiger partial charge in [0.15, 0.2) is 0 Å². The van der Waals surface area contributed by atoms with Crippen LogP contribution in [0.4, 0.5) is 0 Å². The SMILES string of the molecule is [Cl-].[Mg].[Mn+2].[OH-]. The molecule has 1 N–H and O–H groups in total. The maximum Gasteiger partial charge on any atom is 2.00 e. The second-order valence-corrected chi connectivity index (χ2v) is 0. The standard InChI is InChI=1S/ClH.Mg.Mn.H2O/h1H;;;1H2/q;;+2;/p-2. The van der Waals surface area contributed by atoms with Crippen LogP contribution in [0.25, 0.3) is 0 Å². The summed E-state index contributed by atoms with van der Waals surface area (Å²) >= 11 is 0. The molecule has 0 aliphatic heterocycles. The van der Waals surface area contributed by atoms with E-state index in [2.05, 4.69) is 0 Å². The normalized spacial score (nSPS) is 0. The van der Waals surface area contributed by atoms with E-state index in [1.54, 1.807) is 0 Å².